The summed E-state index contributed by atoms with van der Waals surface area (Å²) in [7, 11) is 0. The number of fused-ring (bicyclic) bond motifs is 1. The van der Waals surface area contributed by atoms with Crippen LogP contribution in [-0.2, 0) is 17.9 Å². The van der Waals surface area contributed by atoms with Crippen LogP contribution >= 0.6 is 0 Å². The van der Waals surface area contributed by atoms with Crippen molar-refractivity contribution in [2.75, 3.05) is 5.32 Å². The second-order valence-corrected chi connectivity index (χ2v) is 5.93. The van der Waals surface area contributed by atoms with Gasteiger partial charge in [0.1, 0.15) is 6.54 Å². The summed E-state index contributed by atoms with van der Waals surface area (Å²) in [5.41, 5.74) is 1.86. The van der Waals surface area contributed by atoms with Gasteiger partial charge in [0.2, 0.25) is 5.91 Å². The van der Waals surface area contributed by atoms with E-state index >= 15 is 0 Å². The van der Waals surface area contributed by atoms with Gasteiger partial charge in [-0.25, -0.2) is 0 Å². The van der Waals surface area contributed by atoms with Gasteiger partial charge in [-0.15, -0.1) is 5.10 Å². The standard InChI is InChI=1S/C19H18N6O/c1-2-25-20-12-18(23-25)21-19(26)13-24-10-9-17(22-24)16-8-7-14-5-3-4-6-15(14)11-16/h3-12H,2,13H2,1H3,(H,21,23,26). The highest BCUT2D eigenvalue weighted by atomic mass is 16.2. The van der Waals surface area contributed by atoms with Crippen LogP contribution in [0, 0.1) is 0 Å². The van der Waals surface area contributed by atoms with Gasteiger partial charge < -0.3 is 5.32 Å². The van der Waals surface area contributed by atoms with Gasteiger partial charge in [-0.2, -0.15) is 15.0 Å². The van der Waals surface area contributed by atoms with Gasteiger partial charge in [0.25, 0.3) is 0 Å². The van der Waals surface area contributed by atoms with Crippen molar-refractivity contribution in [1.82, 2.24) is 24.8 Å². The molecule has 2 aromatic heterocycles. The third kappa shape index (κ3) is 3.32. The molecule has 0 atom stereocenters. The number of hydrogen-bond acceptors (Lipinski definition) is 4. The number of hydrogen-bond donors (Lipinski definition) is 1. The maximum atomic E-state index is 12.2. The number of carbonyl (C=O) groups is 1. The molecule has 0 radical (unpaired) electrons. The highest BCUT2D eigenvalue weighted by Gasteiger charge is 2.09. The number of nitrogens with zero attached hydrogens (tertiary/aromatic N) is 5. The van der Waals surface area contributed by atoms with E-state index in [2.05, 4.69) is 44.9 Å². The van der Waals surface area contributed by atoms with Gasteiger partial charge >= 0.3 is 0 Å². The topological polar surface area (TPSA) is 77.6 Å². The molecule has 1 amide bonds. The van der Waals surface area contributed by atoms with Crippen LogP contribution in [0.15, 0.2) is 60.9 Å². The van der Waals surface area contributed by atoms with E-state index in [1.165, 1.54) is 16.4 Å². The minimum absolute atomic E-state index is 0.118. The third-order valence-electron chi connectivity index (χ3n) is 4.08. The second kappa shape index (κ2) is 6.79. The molecule has 4 rings (SSSR count). The van der Waals surface area contributed by atoms with Gasteiger partial charge in [-0.1, -0.05) is 36.4 Å². The number of rotatable bonds is 5. The second-order valence-electron chi connectivity index (χ2n) is 5.93. The van der Waals surface area contributed by atoms with E-state index in [0.717, 1.165) is 16.6 Å². The summed E-state index contributed by atoms with van der Waals surface area (Å²) >= 11 is 0. The molecule has 0 saturated carbocycles. The highest BCUT2D eigenvalue weighted by molar-refractivity contribution is 5.89. The normalized spacial score (nSPS) is 11.0. The first kappa shape index (κ1) is 16.0. The average molecular weight is 346 g/mol. The molecule has 2 heterocycles. The van der Waals surface area contributed by atoms with Gasteiger partial charge in [0, 0.05) is 11.8 Å². The van der Waals surface area contributed by atoms with E-state index in [9.17, 15) is 4.79 Å². The van der Waals surface area contributed by atoms with Crippen LogP contribution in [0.2, 0.25) is 0 Å². The molecule has 0 fully saturated rings. The molecule has 0 bridgehead atoms. The van der Waals surface area contributed by atoms with Gasteiger partial charge in [0.15, 0.2) is 5.82 Å². The number of benzene rings is 2. The monoisotopic (exact) mass is 346 g/mol. The van der Waals surface area contributed by atoms with Crippen molar-refractivity contribution in [2.24, 2.45) is 0 Å². The molecule has 4 aromatic rings. The smallest absolute Gasteiger partial charge is 0.247 e. The Morgan fingerprint density at radius 2 is 1.92 bits per heavy atom. The molecule has 0 aliphatic rings. The fourth-order valence-corrected chi connectivity index (χ4v) is 2.79. The van der Waals surface area contributed by atoms with E-state index in [4.69, 9.17) is 0 Å². The Balaban J connectivity index is 1.47. The first-order chi connectivity index (χ1) is 12.7. The summed E-state index contributed by atoms with van der Waals surface area (Å²) < 4.78 is 1.62. The van der Waals surface area contributed by atoms with Crippen molar-refractivity contribution >= 4 is 22.5 Å². The lowest BCUT2D eigenvalue weighted by Gasteiger charge is -2.03. The number of aryl methyl sites for hydroxylation is 1. The predicted octanol–water partition coefficient (Wildman–Crippen LogP) is 2.95. The Morgan fingerprint density at radius 1 is 1.08 bits per heavy atom. The summed E-state index contributed by atoms with van der Waals surface area (Å²) in [6.07, 6.45) is 3.33. The van der Waals surface area contributed by atoms with Gasteiger partial charge in [-0.05, 0) is 29.8 Å². The Labute approximate surface area is 150 Å². The van der Waals surface area contributed by atoms with E-state index in [-0.39, 0.29) is 12.5 Å². The summed E-state index contributed by atoms with van der Waals surface area (Å²) in [5, 5.41) is 17.8. The Kier molecular flexibility index (Phi) is 4.18. The van der Waals surface area contributed by atoms with Crippen LogP contribution in [0.4, 0.5) is 5.82 Å². The first-order valence-electron chi connectivity index (χ1n) is 8.44. The lowest BCUT2D eigenvalue weighted by atomic mass is 10.1. The summed E-state index contributed by atoms with van der Waals surface area (Å²) in [6.45, 7) is 2.71. The fraction of sp³-hybridized carbons (Fsp3) is 0.158. The number of nitrogens with one attached hydrogen (secondary N) is 1. The van der Waals surface area contributed by atoms with E-state index < -0.39 is 0 Å². The number of carbonyl (C=O) groups excluding carboxylic acids is 1. The zero-order valence-electron chi connectivity index (χ0n) is 14.3. The predicted molar refractivity (Wildman–Crippen MR) is 99.5 cm³/mol. The fourth-order valence-electron chi connectivity index (χ4n) is 2.79. The van der Waals surface area contributed by atoms with Crippen LogP contribution in [0.1, 0.15) is 6.92 Å². The van der Waals surface area contributed by atoms with Crippen LogP contribution < -0.4 is 5.32 Å². The molecule has 0 unspecified atom stereocenters. The lowest BCUT2D eigenvalue weighted by molar-refractivity contribution is -0.116. The Bertz CT molecular complexity index is 1060. The van der Waals surface area contributed by atoms with E-state index in [0.29, 0.717) is 12.4 Å². The van der Waals surface area contributed by atoms with Crippen LogP contribution in [0.3, 0.4) is 0 Å². The zero-order chi connectivity index (χ0) is 17.9. The molecular formula is C19H18N6O. The average Bonchev–Trinajstić information content (AvgIpc) is 3.30. The van der Waals surface area contributed by atoms with E-state index in [1.54, 1.807) is 10.9 Å². The first-order valence-corrected chi connectivity index (χ1v) is 8.44. The maximum Gasteiger partial charge on any atom is 0.247 e. The molecular weight excluding hydrogens is 328 g/mol. The lowest BCUT2D eigenvalue weighted by Crippen LogP contribution is -2.19. The van der Waals surface area contributed by atoms with Crippen molar-refractivity contribution in [3.8, 4) is 11.3 Å². The molecule has 1 N–H and O–H groups in total. The molecule has 26 heavy (non-hydrogen) atoms. The van der Waals surface area contributed by atoms with Crippen molar-refractivity contribution in [3.63, 3.8) is 0 Å². The SMILES string of the molecule is CCn1ncc(NC(=O)Cn2ccc(-c3ccc4ccccc4c3)n2)n1. The van der Waals surface area contributed by atoms with Gasteiger partial charge in [0.05, 0.1) is 18.4 Å². The van der Waals surface area contributed by atoms with Crippen molar-refractivity contribution < 1.29 is 4.79 Å². The minimum Gasteiger partial charge on any atom is -0.306 e. The molecule has 2 aromatic carbocycles. The van der Waals surface area contributed by atoms with Crippen molar-refractivity contribution in [1.29, 1.82) is 0 Å². The van der Waals surface area contributed by atoms with Gasteiger partial charge in [-0.3, -0.25) is 9.48 Å². The van der Waals surface area contributed by atoms with E-state index in [1.807, 2.05) is 31.2 Å². The molecule has 0 saturated heterocycles. The molecule has 7 nitrogen and oxygen atoms in total. The third-order valence-corrected chi connectivity index (χ3v) is 4.08. The quantitative estimate of drug-likeness (QED) is 0.603. The van der Waals surface area contributed by atoms with Crippen LogP contribution in [0.5, 0.6) is 0 Å². The molecule has 0 spiro atoms. The molecule has 0 aliphatic carbocycles. The Hall–Kier alpha value is -3.48. The largest absolute Gasteiger partial charge is 0.306 e. The zero-order valence-corrected chi connectivity index (χ0v) is 14.3. The summed E-state index contributed by atoms with van der Waals surface area (Å²) in [4.78, 5) is 13.7. The number of anilines is 1. The molecule has 130 valence electrons. The summed E-state index contributed by atoms with van der Waals surface area (Å²) in [6, 6.07) is 16.3. The van der Waals surface area contributed by atoms with Crippen LogP contribution in [0.25, 0.3) is 22.0 Å². The number of amides is 1. The van der Waals surface area contributed by atoms with Crippen molar-refractivity contribution in [3.05, 3.63) is 60.9 Å². The molecule has 0 aliphatic heterocycles. The Morgan fingerprint density at radius 3 is 2.73 bits per heavy atom. The van der Waals surface area contributed by atoms with Crippen molar-refractivity contribution in [2.45, 2.75) is 20.0 Å². The molecule has 7 heteroatoms. The highest BCUT2D eigenvalue weighted by Crippen LogP contribution is 2.23. The minimum atomic E-state index is -0.193. The number of aromatic nitrogens is 5. The van der Waals surface area contributed by atoms with Crippen LogP contribution in [-0.4, -0.2) is 30.7 Å². The summed E-state index contributed by atoms with van der Waals surface area (Å²) in [5.74, 6) is 0.250. The maximum absolute atomic E-state index is 12.2.